The number of esters is 4. The number of rotatable bonds is 61. The van der Waals surface area contributed by atoms with Gasteiger partial charge in [-0.25, -0.2) is 9.13 Å². The minimum atomic E-state index is -4.95. The molecule has 0 radical (unpaired) electrons. The molecule has 0 saturated carbocycles. The first-order chi connectivity index (χ1) is 39.6. The second-order valence-corrected chi connectivity index (χ2v) is 27.7. The van der Waals surface area contributed by atoms with Crippen molar-refractivity contribution in [3.63, 3.8) is 0 Å². The zero-order chi connectivity index (χ0) is 61.8. The maximum Gasteiger partial charge on any atom is 0.472 e. The van der Waals surface area contributed by atoms with Gasteiger partial charge in [0.15, 0.2) is 12.2 Å². The second kappa shape index (κ2) is 54.2. The van der Waals surface area contributed by atoms with Crippen molar-refractivity contribution < 1.29 is 80.2 Å². The van der Waals surface area contributed by atoms with E-state index in [-0.39, 0.29) is 25.7 Å². The molecule has 83 heavy (non-hydrogen) atoms. The molecule has 0 rings (SSSR count). The second-order valence-electron chi connectivity index (χ2n) is 24.8. The Morgan fingerprint density at radius 3 is 0.855 bits per heavy atom. The summed E-state index contributed by atoms with van der Waals surface area (Å²) in [6.45, 7) is 13.9. The van der Waals surface area contributed by atoms with Gasteiger partial charge in [-0.1, -0.05) is 254 Å². The number of hydrogen-bond acceptors (Lipinski definition) is 15. The molecule has 0 aromatic rings. The first-order valence-corrected chi connectivity index (χ1v) is 36.2. The molecule has 19 heteroatoms. The smallest absolute Gasteiger partial charge is 0.462 e. The van der Waals surface area contributed by atoms with Gasteiger partial charge in [0.25, 0.3) is 0 Å². The topological polar surface area (TPSA) is 237 Å². The van der Waals surface area contributed by atoms with Crippen molar-refractivity contribution in [2.24, 2.45) is 23.7 Å². The Morgan fingerprint density at radius 1 is 0.337 bits per heavy atom. The van der Waals surface area contributed by atoms with Gasteiger partial charge in [-0.15, -0.1) is 0 Å². The molecule has 0 aliphatic carbocycles. The molecule has 17 nitrogen and oxygen atoms in total. The average Bonchev–Trinajstić information content (AvgIpc) is 3.43. The van der Waals surface area contributed by atoms with Gasteiger partial charge in [0.2, 0.25) is 0 Å². The molecule has 0 aromatic heterocycles. The highest BCUT2D eigenvalue weighted by Gasteiger charge is 2.30. The number of aliphatic hydroxyl groups excluding tert-OH is 1. The van der Waals surface area contributed by atoms with E-state index in [1.165, 1.54) is 103 Å². The van der Waals surface area contributed by atoms with Crippen LogP contribution in [0.2, 0.25) is 0 Å². The summed E-state index contributed by atoms with van der Waals surface area (Å²) >= 11 is 0. The van der Waals surface area contributed by atoms with E-state index < -0.39 is 97.5 Å². The van der Waals surface area contributed by atoms with Crippen LogP contribution in [-0.4, -0.2) is 96.7 Å². The van der Waals surface area contributed by atoms with Gasteiger partial charge < -0.3 is 33.8 Å². The van der Waals surface area contributed by atoms with Crippen LogP contribution in [0.5, 0.6) is 0 Å². The lowest BCUT2D eigenvalue weighted by Gasteiger charge is -2.21. The number of phosphoric ester groups is 2. The van der Waals surface area contributed by atoms with E-state index in [4.69, 9.17) is 37.0 Å². The quantitative estimate of drug-likeness (QED) is 0.0222. The van der Waals surface area contributed by atoms with Crippen molar-refractivity contribution in [2.75, 3.05) is 39.6 Å². The molecule has 0 bridgehead atoms. The zero-order valence-electron chi connectivity index (χ0n) is 53.8. The van der Waals surface area contributed by atoms with Gasteiger partial charge in [0, 0.05) is 25.7 Å². The fourth-order valence-electron chi connectivity index (χ4n) is 9.40. The Morgan fingerprint density at radius 2 is 0.578 bits per heavy atom. The number of phosphoric acid groups is 2. The highest BCUT2D eigenvalue weighted by molar-refractivity contribution is 7.47. The fourth-order valence-corrected chi connectivity index (χ4v) is 11.0. The molecule has 6 atom stereocenters. The molecule has 0 heterocycles. The first-order valence-electron chi connectivity index (χ1n) is 33.2. The molecule has 0 spiro atoms. The molecule has 0 amide bonds. The fraction of sp³-hybridized carbons (Fsp3) is 0.938. The Bertz CT molecular complexity index is 1660. The van der Waals surface area contributed by atoms with Crippen LogP contribution in [0, 0.1) is 23.7 Å². The van der Waals surface area contributed by atoms with Gasteiger partial charge in [-0.3, -0.25) is 37.3 Å². The van der Waals surface area contributed by atoms with Crippen LogP contribution in [-0.2, 0) is 65.4 Å². The molecular weight excluding hydrogens is 1100 g/mol. The van der Waals surface area contributed by atoms with Crippen LogP contribution in [0.1, 0.15) is 306 Å². The first kappa shape index (κ1) is 81.1. The van der Waals surface area contributed by atoms with Gasteiger partial charge >= 0.3 is 39.5 Å². The summed E-state index contributed by atoms with van der Waals surface area (Å²) in [6.07, 6.45) is 33.6. The summed E-state index contributed by atoms with van der Waals surface area (Å²) in [7, 11) is -9.89. The highest BCUT2D eigenvalue weighted by atomic mass is 31.2. The third kappa shape index (κ3) is 57.6. The normalized spacial score (nSPS) is 14.8. The lowest BCUT2D eigenvalue weighted by molar-refractivity contribution is -0.161. The Labute approximate surface area is 505 Å². The molecule has 0 aliphatic rings. The molecule has 492 valence electrons. The third-order valence-corrected chi connectivity index (χ3v) is 16.8. The lowest BCUT2D eigenvalue weighted by Crippen LogP contribution is -2.30. The minimum Gasteiger partial charge on any atom is -0.462 e. The summed E-state index contributed by atoms with van der Waals surface area (Å²) in [5.74, 6) is 0.751. The standard InChI is InChI=1S/C64H124O17P2/c1-9-57(8)43-35-27-18-12-15-21-31-39-47-64(69)81-60(51-75-62(67)45-37-29-23-22-26-34-42-56(6)7)53-79-83(72,73)77-49-58(65)48-76-82(70,71)78-52-59(80-63(68)46-38-30-20-14-11-17-25-33-41-55(4)5)50-74-61(66)44-36-28-19-13-10-16-24-32-40-54(2)3/h54-60,65H,9-53H2,1-8H3,(H,70,71)(H,72,73)/t57?,58?,59-,60-/m1/s1. The molecule has 4 unspecified atom stereocenters. The molecule has 3 N–H and O–H groups in total. The minimum absolute atomic E-state index is 0.103. The molecule has 0 aromatic carbocycles. The van der Waals surface area contributed by atoms with Gasteiger partial charge in [0.1, 0.15) is 19.3 Å². The van der Waals surface area contributed by atoms with E-state index in [0.29, 0.717) is 31.6 Å². The number of carbonyl (C=O) groups excluding carboxylic acids is 4. The Balaban J connectivity index is 5.26. The van der Waals surface area contributed by atoms with E-state index in [9.17, 15) is 43.2 Å². The predicted octanol–water partition coefficient (Wildman–Crippen LogP) is 17.4. The van der Waals surface area contributed by atoms with Crippen LogP contribution < -0.4 is 0 Å². The molecule has 0 aliphatic heterocycles. The van der Waals surface area contributed by atoms with Crippen LogP contribution in [0.15, 0.2) is 0 Å². The van der Waals surface area contributed by atoms with Crippen molar-refractivity contribution in [3.8, 4) is 0 Å². The molecule has 0 fully saturated rings. The van der Waals surface area contributed by atoms with Crippen LogP contribution in [0.25, 0.3) is 0 Å². The number of carbonyl (C=O) groups is 4. The van der Waals surface area contributed by atoms with Crippen molar-refractivity contribution in [1.29, 1.82) is 0 Å². The van der Waals surface area contributed by atoms with Crippen molar-refractivity contribution >= 4 is 39.5 Å². The lowest BCUT2D eigenvalue weighted by atomic mass is 9.99. The van der Waals surface area contributed by atoms with Crippen molar-refractivity contribution in [2.45, 2.75) is 324 Å². The SMILES string of the molecule is CCC(C)CCCCCCCCCCC(=O)O[C@H](COC(=O)CCCCCCCCC(C)C)COP(=O)(O)OCC(O)COP(=O)(O)OC[C@@H](COC(=O)CCCCCCCCCCC(C)C)OC(=O)CCCCCCCCCCC(C)C. The maximum absolute atomic E-state index is 13.0. The summed E-state index contributed by atoms with van der Waals surface area (Å²) in [4.78, 5) is 72.2. The van der Waals surface area contributed by atoms with Crippen LogP contribution in [0.3, 0.4) is 0 Å². The van der Waals surface area contributed by atoms with Crippen molar-refractivity contribution in [3.05, 3.63) is 0 Å². The van der Waals surface area contributed by atoms with Crippen LogP contribution in [0.4, 0.5) is 0 Å². The number of aliphatic hydroxyl groups is 1. The average molecular weight is 1230 g/mol. The van der Waals surface area contributed by atoms with E-state index in [2.05, 4.69) is 55.4 Å². The maximum atomic E-state index is 13.0. The summed E-state index contributed by atoms with van der Waals surface area (Å²) in [6, 6.07) is 0. The Hall–Kier alpha value is -1.94. The molecular formula is C64H124O17P2. The predicted molar refractivity (Wildman–Crippen MR) is 331 cm³/mol. The number of hydrogen-bond donors (Lipinski definition) is 3. The van der Waals surface area contributed by atoms with E-state index >= 15 is 0 Å². The largest absolute Gasteiger partial charge is 0.472 e. The van der Waals surface area contributed by atoms with E-state index in [1.807, 2.05) is 0 Å². The van der Waals surface area contributed by atoms with Gasteiger partial charge in [0.05, 0.1) is 26.4 Å². The Kier molecular flexibility index (Phi) is 53.0. The van der Waals surface area contributed by atoms with Gasteiger partial charge in [-0.2, -0.15) is 0 Å². The number of unbranched alkanes of at least 4 members (excludes halogenated alkanes) is 26. The summed E-state index contributed by atoms with van der Waals surface area (Å²) in [5.41, 5.74) is 0. The van der Waals surface area contributed by atoms with Crippen LogP contribution >= 0.6 is 15.6 Å². The number of ether oxygens (including phenoxy) is 4. The van der Waals surface area contributed by atoms with Gasteiger partial charge in [-0.05, 0) is 49.4 Å². The summed E-state index contributed by atoms with van der Waals surface area (Å²) in [5, 5.41) is 10.5. The van der Waals surface area contributed by atoms with E-state index in [1.54, 1.807) is 0 Å². The summed E-state index contributed by atoms with van der Waals surface area (Å²) < 4.78 is 68.0. The zero-order valence-corrected chi connectivity index (χ0v) is 55.6. The molecule has 0 saturated heterocycles. The third-order valence-electron chi connectivity index (χ3n) is 14.9. The highest BCUT2D eigenvalue weighted by Crippen LogP contribution is 2.45. The van der Waals surface area contributed by atoms with E-state index in [0.717, 1.165) is 114 Å². The monoisotopic (exact) mass is 1230 g/mol. The van der Waals surface area contributed by atoms with Crippen molar-refractivity contribution in [1.82, 2.24) is 0 Å².